The molecule has 0 unspecified atom stereocenters. The summed E-state index contributed by atoms with van der Waals surface area (Å²) < 4.78 is 0. The molecule has 0 aliphatic carbocycles. The SMILES string of the molecule is CCCCc1ccc(N=C(N)CCl)c(C)c1. The number of hydrogen-bond acceptors (Lipinski definition) is 1. The minimum Gasteiger partial charge on any atom is -0.386 e. The van der Waals surface area contributed by atoms with Crippen molar-refractivity contribution in [2.75, 3.05) is 5.88 Å². The van der Waals surface area contributed by atoms with E-state index in [1.54, 1.807) is 0 Å². The molecule has 1 rings (SSSR count). The van der Waals surface area contributed by atoms with Crippen molar-refractivity contribution in [2.45, 2.75) is 33.1 Å². The maximum atomic E-state index is 5.61. The first kappa shape index (κ1) is 13.0. The zero-order chi connectivity index (χ0) is 12.0. The Kier molecular flexibility index (Phi) is 5.33. The van der Waals surface area contributed by atoms with Gasteiger partial charge in [-0.25, -0.2) is 4.99 Å². The van der Waals surface area contributed by atoms with Crippen LogP contribution in [-0.2, 0) is 6.42 Å². The second kappa shape index (κ2) is 6.54. The monoisotopic (exact) mass is 238 g/mol. The molecule has 0 saturated carbocycles. The first-order chi connectivity index (χ1) is 7.67. The molecule has 0 amide bonds. The van der Waals surface area contributed by atoms with Crippen molar-refractivity contribution in [1.29, 1.82) is 0 Å². The van der Waals surface area contributed by atoms with Crippen molar-refractivity contribution >= 4 is 23.1 Å². The maximum absolute atomic E-state index is 5.61. The van der Waals surface area contributed by atoms with E-state index in [0.717, 1.165) is 17.7 Å². The molecule has 0 aliphatic heterocycles. The van der Waals surface area contributed by atoms with Crippen LogP contribution in [0.2, 0.25) is 0 Å². The Morgan fingerprint density at radius 3 is 2.75 bits per heavy atom. The van der Waals surface area contributed by atoms with Gasteiger partial charge in [-0.05, 0) is 37.0 Å². The van der Waals surface area contributed by atoms with Gasteiger partial charge in [0.15, 0.2) is 0 Å². The molecule has 0 saturated heterocycles. The average Bonchev–Trinajstić information content (AvgIpc) is 2.29. The number of amidine groups is 1. The molecule has 0 spiro atoms. The summed E-state index contributed by atoms with van der Waals surface area (Å²) >= 11 is 5.60. The van der Waals surface area contributed by atoms with E-state index in [1.165, 1.54) is 18.4 Å². The van der Waals surface area contributed by atoms with E-state index >= 15 is 0 Å². The third-order valence-electron chi connectivity index (χ3n) is 2.48. The lowest BCUT2D eigenvalue weighted by Gasteiger charge is -2.05. The van der Waals surface area contributed by atoms with Crippen LogP contribution in [0.3, 0.4) is 0 Å². The van der Waals surface area contributed by atoms with Crippen LogP contribution in [0, 0.1) is 6.92 Å². The number of aliphatic imine (C=N–C) groups is 1. The first-order valence-electron chi connectivity index (χ1n) is 5.66. The number of nitrogens with zero attached hydrogens (tertiary/aromatic N) is 1. The van der Waals surface area contributed by atoms with E-state index in [4.69, 9.17) is 17.3 Å². The van der Waals surface area contributed by atoms with Crippen molar-refractivity contribution in [1.82, 2.24) is 0 Å². The topological polar surface area (TPSA) is 38.4 Å². The summed E-state index contributed by atoms with van der Waals surface area (Å²) in [7, 11) is 0. The summed E-state index contributed by atoms with van der Waals surface area (Å²) in [5.74, 6) is 0.739. The number of halogens is 1. The molecule has 0 aromatic heterocycles. The zero-order valence-corrected chi connectivity index (χ0v) is 10.7. The number of hydrogen-bond donors (Lipinski definition) is 1. The normalized spacial score (nSPS) is 11.8. The highest BCUT2D eigenvalue weighted by Gasteiger charge is 2.00. The Bertz CT molecular complexity index is 372. The molecule has 0 heterocycles. The molecule has 0 bridgehead atoms. The van der Waals surface area contributed by atoms with Crippen LogP contribution < -0.4 is 5.73 Å². The standard InChI is InChI=1S/C13H19ClN2/c1-3-4-5-11-6-7-12(10(2)8-11)16-13(15)9-14/h6-8H,3-5,9H2,1-2H3,(H2,15,16). The number of nitrogens with two attached hydrogens (primary N) is 1. The van der Waals surface area contributed by atoms with Crippen molar-refractivity contribution in [3.63, 3.8) is 0 Å². The fraction of sp³-hybridized carbons (Fsp3) is 0.462. The maximum Gasteiger partial charge on any atom is 0.115 e. The van der Waals surface area contributed by atoms with Crippen LogP contribution in [0.4, 0.5) is 5.69 Å². The van der Waals surface area contributed by atoms with E-state index in [9.17, 15) is 0 Å². The minimum absolute atomic E-state index is 0.275. The van der Waals surface area contributed by atoms with E-state index in [1.807, 2.05) is 6.07 Å². The molecule has 3 heteroatoms. The highest BCUT2D eigenvalue weighted by molar-refractivity contribution is 6.28. The summed E-state index contributed by atoms with van der Waals surface area (Å²) in [5, 5.41) is 0. The van der Waals surface area contributed by atoms with E-state index < -0.39 is 0 Å². The van der Waals surface area contributed by atoms with Gasteiger partial charge in [0.2, 0.25) is 0 Å². The van der Waals surface area contributed by atoms with Crippen LogP contribution in [0.5, 0.6) is 0 Å². The second-order valence-electron chi connectivity index (χ2n) is 3.96. The van der Waals surface area contributed by atoms with Gasteiger partial charge in [-0.2, -0.15) is 0 Å². The number of benzene rings is 1. The number of rotatable bonds is 5. The molecule has 88 valence electrons. The summed E-state index contributed by atoms with van der Waals surface area (Å²) in [5.41, 5.74) is 9.04. The molecule has 2 nitrogen and oxygen atoms in total. The van der Waals surface area contributed by atoms with Crippen LogP contribution in [0.15, 0.2) is 23.2 Å². The molecule has 0 radical (unpaired) electrons. The summed E-state index contributed by atoms with van der Waals surface area (Å²) in [4.78, 5) is 4.26. The van der Waals surface area contributed by atoms with Gasteiger partial charge in [0.1, 0.15) is 5.84 Å². The lowest BCUT2D eigenvalue weighted by Crippen LogP contribution is -2.12. The Morgan fingerprint density at radius 1 is 1.44 bits per heavy atom. The Labute approximate surface area is 103 Å². The van der Waals surface area contributed by atoms with Gasteiger partial charge in [0.25, 0.3) is 0 Å². The average molecular weight is 239 g/mol. The van der Waals surface area contributed by atoms with Gasteiger partial charge in [-0.3, -0.25) is 0 Å². The first-order valence-corrected chi connectivity index (χ1v) is 6.19. The molecule has 2 N–H and O–H groups in total. The van der Waals surface area contributed by atoms with Crippen LogP contribution in [-0.4, -0.2) is 11.7 Å². The van der Waals surface area contributed by atoms with Gasteiger partial charge in [0.05, 0.1) is 11.6 Å². The zero-order valence-electron chi connectivity index (χ0n) is 9.96. The van der Waals surface area contributed by atoms with Crippen molar-refractivity contribution in [3.05, 3.63) is 29.3 Å². The highest BCUT2D eigenvalue weighted by atomic mass is 35.5. The summed E-state index contributed by atoms with van der Waals surface area (Å²) in [6, 6.07) is 6.30. The largest absolute Gasteiger partial charge is 0.386 e. The Balaban J connectivity index is 2.83. The van der Waals surface area contributed by atoms with Gasteiger partial charge in [0, 0.05) is 0 Å². The second-order valence-corrected chi connectivity index (χ2v) is 4.23. The fourth-order valence-electron chi connectivity index (χ4n) is 1.56. The van der Waals surface area contributed by atoms with Crippen LogP contribution in [0.25, 0.3) is 0 Å². The van der Waals surface area contributed by atoms with E-state index in [0.29, 0.717) is 5.84 Å². The number of alkyl halides is 1. The van der Waals surface area contributed by atoms with Gasteiger partial charge < -0.3 is 5.73 Å². The molecule has 16 heavy (non-hydrogen) atoms. The lowest BCUT2D eigenvalue weighted by molar-refractivity contribution is 0.794. The van der Waals surface area contributed by atoms with Crippen molar-refractivity contribution < 1.29 is 0 Å². The van der Waals surface area contributed by atoms with E-state index in [-0.39, 0.29) is 5.88 Å². The molecular formula is C13H19ClN2. The molecule has 0 atom stereocenters. The fourth-order valence-corrected chi connectivity index (χ4v) is 1.62. The molecule has 1 aromatic carbocycles. The van der Waals surface area contributed by atoms with Crippen molar-refractivity contribution in [3.8, 4) is 0 Å². The smallest absolute Gasteiger partial charge is 0.115 e. The van der Waals surface area contributed by atoms with Crippen LogP contribution in [0.1, 0.15) is 30.9 Å². The Hall–Kier alpha value is -1.02. The number of unbranched alkanes of at least 4 members (excludes halogenated alkanes) is 1. The summed E-state index contributed by atoms with van der Waals surface area (Å²) in [6.45, 7) is 4.25. The molecule has 0 fully saturated rings. The number of aryl methyl sites for hydroxylation is 2. The third-order valence-corrected chi connectivity index (χ3v) is 2.76. The van der Waals surface area contributed by atoms with Crippen LogP contribution >= 0.6 is 11.6 Å². The van der Waals surface area contributed by atoms with Gasteiger partial charge in [-0.15, -0.1) is 11.6 Å². The molecule has 0 aliphatic rings. The predicted octanol–water partition coefficient (Wildman–Crippen LogP) is 3.57. The van der Waals surface area contributed by atoms with Gasteiger partial charge in [-0.1, -0.05) is 25.5 Å². The third kappa shape index (κ3) is 3.86. The van der Waals surface area contributed by atoms with Crippen molar-refractivity contribution in [2.24, 2.45) is 10.7 Å². The van der Waals surface area contributed by atoms with Gasteiger partial charge >= 0.3 is 0 Å². The highest BCUT2D eigenvalue weighted by Crippen LogP contribution is 2.20. The lowest BCUT2D eigenvalue weighted by atomic mass is 10.0. The molecule has 1 aromatic rings. The van der Waals surface area contributed by atoms with E-state index in [2.05, 4.69) is 31.0 Å². The summed E-state index contributed by atoms with van der Waals surface area (Å²) in [6.07, 6.45) is 3.58. The Morgan fingerprint density at radius 2 is 2.19 bits per heavy atom. The quantitative estimate of drug-likeness (QED) is 0.476. The minimum atomic E-state index is 0.275. The predicted molar refractivity (Wildman–Crippen MR) is 71.8 cm³/mol. The molecular weight excluding hydrogens is 220 g/mol.